The molecular formula is C45H49Br3F5NO6S. The number of halogens is 8. The summed E-state index contributed by atoms with van der Waals surface area (Å²) in [6, 6.07) is 17.9. The Bertz CT molecular complexity index is 2120. The molecule has 0 N–H and O–H groups in total. The monoisotopic (exact) mass is 1060 g/mol. The van der Waals surface area contributed by atoms with Gasteiger partial charge in [0, 0.05) is 84.0 Å². The lowest BCUT2D eigenvalue weighted by molar-refractivity contribution is -0.135. The molecule has 3 aromatic rings. The van der Waals surface area contributed by atoms with Crippen LogP contribution in [0, 0.1) is 0 Å². The lowest BCUT2D eigenvalue weighted by atomic mass is 9.68. The minimum Gasteiger partial charge on any atom is -0.466 e. The molecule has 8 rings (SSSR count). The van der Waals surface area contributed by atoms with Crippen LogP contribution in [-0.2, 0) is 65.2 Å². The first-order chi connectivity index (χ1) is 28.6. The Morgan fingerprint density at radius 3 is 1.49 bits per heavy atom. The van der Waals surface area contributed by atoms with Gasteiger partial charge in [-0.05, 0) is 95.5 Å². The van der Waals surface area contributed by atoms with Crippen LogP contribution >= 0.6 is 59.2 Å². The topological polar surface area (TPSA) is 97.8 Å². The molecule has 2 fully saturated rings. The summed E-state index contributed by atoms with van der Waals surface area (Å²) in [6.45, 7) is 6.29. The molecule has 0 atom stereocenters. The van der Waals surface area contributed by atoms with Crippen LogP contribution in [0.3, 0.4) is 0 Å². The zero-order chi connectivity index (χ0) is 45.3. The summed E-state index contributed by atoms with van der Waals surface area (Å²) in [6.07, 6.45) is 6.03. The predicted molar refractivity (Wildman–Crippen MR) is 239 cm³/mol. The molecule has 0 radical (unpaired) electrons. The smallest absolute Gasteiger partial charge is 0.329 e. The fraction of sp³-hybridized carbons (Fsp3) is 0.444. The molecule has 3 aromatic carbocycles. The molecule has 0 aliphatic heterocycles. The van der Waals surface area contributed by atoms with Crippen molar-refractivity contribution >= 4 is 88.3 Å². The minimum atomic E-state index is -4.93. The molecule has 0 unspecified atom stereocenters. The highest BCUT2D eigenvalue weighted by Crippen LogP contribution is 2.56. The van der Waals surface area contributed by atoms with E-state index in [0.29, 0.717) is 73.0 Å². The van der Waals surface area contributed by atoms with Crippen molar-refractivity contribution in [3.63, 3.8) is 0 Å². The van der Waals surface area contributed by atoms with Crippen molar-refractivity contribution in [2.24, 2.45) is 0 Å². The highest BCUT2D eigenvalue weighted by Gasteiger charge is 2.52. The number of ketones is 4. The molecule has 7 nitrogen and oxygen atoms in total. The number of hydrogen-bond donors (Lipinski definition) is 0. The number of benzene rings is 3. The maximum Gasteiger partial charge on any atom is 0.329 e. The van der Waals surface area contributed by atoms with Crippen LogP contribution in [0.1, 0.15) is 98.6 Å². The van der Waals surface area contributed by atoms with Crippen molar-refractivity contribution in [2.75, 3.05) is 20.2 Å². The number of esters is 1. The van der Waals surface area contributed by atoms with Crippen molar-refractivity contribution < 1.29 is 49.1 Å². The van der Waals surface area contributed by atoms with E-state index < -0.39 is 28.7 Å². The Hall–Kier alpha value is -3.05. The van der Waals surface area contributed by atoms with E-state index in [0.717, 1.165) is 36.2 Å². The molecule has 61 heavy (non-hydrogen) atoms. The molecule has 2 spiro atoms. The van der Waals surface area contributed by atoms with Crippen molar-refractivity contribution in [2.45, 2.75) is 108 Å². The second-order valence-corrected chi connectivity index (χ2v) is 19.4. The van der Waals surface area contributed by atoms with Gasteiger partial charge in [-0.15, -0.1) is 11.7 Å². The van der Waals surface area contributed by atoms with Crippen molar-refractivity contribution in [3.05, 3.63) is 114 Å². The lowest BCUT2D eigenvalue weighted by Crippen LogP contribution is -2.40. The van der Waals surface area contributed by atoms with E-state index in [9.17, 15) is 44.4 Å². The van der Waals surface area contributed by atoms with Gasteiger partial charge in [0.2, 0.25) is 5.92 Å². The van der Waals surface area contributed by atoms with Crippen LogP contribution in [-0.4, -0.2) is 59.5 Å². The van der Waals surface area contributed by atoms with E-state index in [4.69, 9.17) is 0 Å². The third-order valence-electron chi connectivity index (χ3n) is 11.7. The van der Waals surface area contributed by atoms with E-state index in [1.54, 1.807) is 0 Å². The molecule has 0 heterocycles. The quantitative estimate of drug-likeness (QED) is 0.146. The Morgan fingerprint density at radius 1 is 0.672 bits per heavy atom. The van der Waals surface area contributed by atoms with Gasteiger partial charge in [0.15, 0.2) is 0 Å². The van der Waals surface area contributed by atoms with Gasteiger partial charge in [0.1, 0.15) is 23.1 Å². The van der Waals surface area contributed by atoms with Gasteiger partial charge in [-0.2, -0.15) is 4.31 Å². The average molecular weight is 1070 g/mol. The molecule has 332 valence electrons. The standard InChI is InChI=1S/C14H13BrF2O.C14H13BrO2.C9H7BrO.C4H10F3NS.C4H6O2/c15-10-1-2-11-9(7-10)8-12(18)13(11)3-5-14(16,17)6-4-13;15-10-1-2-12-9(7-10)8-13(17)14(12)5-3-11(16)4-6-14;10-8-2-1-6-4-9(11)5-7(6)3-8;1-3-8(4-2)9(5,6)7;1-3-4(5)6-2/h1-2,7H,3-6,8H2;1-2,7H,3-6,8H2;1-3H,4-5H2;3-4H2,1-2H3;3H,1H2,2H3. The summed E-state index contributed by atoms with van der Waals surface area (Å²) in [7, 11) is 1.31. The van der Waals surface area contributed by atoms with Gasteiger partial charge < -0.3 is 4.74 Å². The lowest BCUT2D eigenvalue weighted by Gasteiger charge is -2.36. The second kappa shape index (κ2) is 21.6. The highest BCUT2D eigenvalue weighted by molar-refractivity contribution is 9.11. The van der Waals surface area contributed by atoms with Gasteiger partial charge in [-0.25, -0.2) is 13.6 Å². The largest absolute Gasteiger partial charge is 0.466 e. The van der Waals surface area contributed by atoms with E-state index in [1.165, 1.54) is 37.6 Å². The molecule has 0 aromatic heterocycles. The molecule has 0 amide bonds. The molecule has 16 heteroatoms. The summed E-state index contributed by atoms with van der Waals surface area (Å²) in [5.74, 6) is -1.94. The van der Waals surface area contributed by atoms with E-state index in [1.807, 2.05) is 48.5 Å². The first kappa shape index (κ1) is 50.6. The van der Waals surface area contributed by atoms with E-state index >= 15 is 0 Å². The number of fused-ring (bicyclic) bond motifs is 5. The van der Waals surface area contributed by atoms with E-state index in [-0.39, 0.29) is 50.0 Å². The first-order valence-electron chi connectivity index (χ1n) is 19.8. The molecule has 0 saturated heterocycles. The van der Waals surface area contributed by atoms with Crippen LogP contribution in [0.5, 0.6) is 0 Å². The number of Topliss-reactive ketones (excluding diaryl/α,β-unsaturated/α-hetero) is 4. The van der Waals surface area contributed by atoms with Gasteiger partial charge in [-0.3, -0.25) is 19.2 Å². The molecular weight excluding hydrogens is 1020 g/mol. The van der Waals surface area contributed by atoms with Gasteiger partial charge in [0.05, 0.1) is 17.9 Å². The van der Waals surface area contributed by atoms with Crippen LogP contribution in [0.2, 0.25) is 0 Å². The van der Waals surface area contributed by atoms with Crippen LogP contribution < -0.4 is 0 Å². The Labute approximate surface area is 381 Å². The van der Waals surface area contributed by atoms with E-state index in [2.05, 4.69) is 65.2 Å². The zero-order valence-corrected chi connectivity index (χ0v) is 39.8. The van der Waals surface area contributed by atoms with Crippen molar-refractivity contribution in [1.29, 1.82) is 0 Å². The number of rotatable bonds is 4. The number of alkyl halides is 2. The SMILES string of the molecule is C=CC(=O)OC.CCN(CC)S(F)(F)F.O=C1CCC2(CC1)C(=O)Cc1cc(Br)ccc12.O=C1Cc2cc(Br)ccc2C12CCC(F)(F)CC2.O=C1Cc2ccc(Br)cc2C1. The number of carbonyl (C=O) groups excluding carboxylic acids is 5. The average Bonchev–Trinajstić information content (AvgIpc) is 3.80. The number of methoxy groups -OCH3 is 1. The van der Waals surface area contributed by atoms with Gasteiger partial charge in [0.25, 0.3) is 11.4 Å². The predicted octanol–water partition coefficient (Wildman–Crippen LogP) is 12.1. The van der Waals surface area contributed by atoms with Crippen LogP contribution in [0.4, 0.5) is 20.4 Å². The fourth-order valence-corrected chi connectivity index (χ4v) is 10.3. The van der Waals surface area contributed by atoms with Crippen molar-refractivity contribution in [3.8, 4) is 0 Å². The molecule has 5 aliphatic rings. The van der Waals surface area contributed by atoms with Crippen LogP contribution in [0.25, 0.3) is 0 Å². The highest BCUT2D eigenvalue weighted by atomic mass is 79.9. The molecule has 0 bridgehead atoms. The number of nitrogens with zero attached hydrogens (tertiary/aromatic N) is 1. The number of hydrogen-bond acceptors (Lipinski definition) is 7. The second-order valence-electron chi connectivity index (χ2n) is 15.4. The maximum absolute atomic E-state index is 13.3. The molecule has 5 aliphatic carbocycles. The Kier molecular flexibility index (Phi) is 17.9. The van der Waals surface area contributed by atoms with Crippen molar-refractivity contribution in [1.82, 2.24) is 4.31 Å². The molecule has 2 saturated carbocycles. The summed E-state index contributed by atoms with van der Waals surface area (Å²) in [5.41, 5.74) is 5.69. The zero-order valence-electron chi connectivity index (χ0n) is 34.2. The van der Waals surface area contributed by atoms with Gasteiger partial charge >= 0.3 is 5.97 Å². The van der Waals surface area contributed by atoms with Gasteiger partial charge in [-0.1, -0.05) is 86.4 Å². The first-order valence-corrected chi connectivity index (χ1v) is 23.5. The summed E-state index contributed by atoms with van der Waals surface area (Å²) < 4.78 is 69.5. The maximum atomic E-state index is 13.3. The normalized spacial score (nSPS) is 18.8. The third-order valence-corrected chi connectivity index (χ3v) is 14.3. The van der Waals surface area contributed by atoms with Crippen LogP contribution in [0.15, 0.2) is 80.7 Å². The Balaban J connectivity index is 0.000000177. The summed E-state index contributed by atoms with van der Waals surface area (Å²) in [5, 5.41) is 0. The number of carbonyl (C=O) groups is 5. The summed E-state index contributed by atoms with van der Waals surface area (Å²) in [4.78, 5) is 56.8. The summed E-state index contributed by atoms with van der Waals surface area (Å²) >= 11 is 5.27. The third kappa shape index (κ3) is 12.8. The fourth-order valence-electron chi connectivity index (χ4n) is 8.45. The minimum absolute atomic E-state index is 0.0648. The Morgan fingerprint density at radius 2 is 1.10 bits per heavy atom. The number of ether oxygens (including phenoxy) is 1.